The first-order valence-corrected chi connectivity index (χ1v) is 9.47. The molecule has 4 rings (SSSR count). The summed E-state index contributed by atoms with van der Waals surface area (Å²) in [5.74, 6) is 1.87. The maximum absolute atomic E-state index is 11.2. The smallest absolute Gasteiger partial charge is 0.128 e. The minimum atomic E-state index is -0.0644. The lowest BCUT2D eigenvalue weighted by Crippen LogP contribution is -2.39. The Morgan fingerprint density at radius 2 is 1.64 bits per heavy atom. The fraction of sp³-hybridized carbons (Fsp3) is 0.304. The molecule has 146 valence electrons. The second kappa shape index (κ2) is 8.09. The van der Waals surface area contributed by atoms with Gasteiger partial charge in [0.2, 0.25) is 0 Å². The van der Waals surface area contributed by atoms with Gasteiger partial charge in [0.25, 0.3) is 0 Å². The summed E-state index contributed by atoms with van der Waals surface area (Å²) in [7, 11) is 3.31. The van der Waals surface area contributed by atoms with E-state index < -0.39 is 0 Å². The predicted octanol–water partition coefficient (Wildman–Crippen LogP) is 3.98. The molecule has 1 aliphatic heterocycles. The van der Waals surface area contributed by atoms with Crippen molar-refractivity contribution in [2.45, 2.75) is 6.04 Å². The van der Waals surface area contributed by atoms with Crippen LogP contribution in [-0.4, -0.2) is 50.5 Å². The molecule has 1 atom stereocenters. The third-order valence-corrected chi connectivity index (χ3v) is 5.38. The van der Waals surface area contributed by atoms with Crippen molar-refractivity contribution in [1.82, 2.24) is 4.90 Å². The first-order valence-electron chi connectivity index (χ1n) is 9.47. The normalized spacial score (nSPS) is 16.1. The van der Waals surface area contributed by atoms with Crippen LogP contribution in [0.3, 0.4) is 0 Å². The number of morpholine rings is 1. The molecule has 28 heavy (non-hydrogen) atoms. The summed E-state index contributed by atoms with van der Waals surface area (Å²) in [4.78, 5) is 2.35. The van der Waals surface area contributed by atoms with Gasteiger partial charge in [0.1, 0.15) is 17.2 Å². The van der Waals surface area contributed by atoms with Crippen LogP contribution in [0.1, 0.15) is 17.2 Å². The molecule has 1 aliphatic rings. The largest absolute Gasteiger partial charge is 0.507 e. The lowest BCUT2D eigenvalue weighted by molar-refractivity contribution is 0.0236. The molecular weight excluding hydrogens is 354 g/mol. The zero-order valence-corrected chi connectivity index (χ0v) is 16.2. The Morgan fingerprint density at radius 1 is 0.893 bits per heavy atom. The van der Waals surface area contributed by atoms with Crippen molar-refractivity contribution in [3.05, 3.63) is 65.7 Å². The van der Waals surface area contributed by atoms with Crippen molar-refractivity contribution in [3.8, 4) is 17.2 Å². The molecule has 3 aromatic carbocycles. The molecule has 1 heterocycles. The van der Waals surface area contributed by atoms with E-state index in [4.69, 9.17) is 14.2 Å². The Bertz CT molecular complexity index is 949. The minimum Gasteiger partial charge on any atom is -0.507 e. The Kier molecular flexibility index (Phi) is 5.37. The molecule has 0 bridgehead atoms. The van der Waals surface area contributed by atoms with E-state index >= 15 is 0 Å². The molecule has 5 nitrogen and oxygen atoms in total. The van der Waals surface area contributed by atoms with Gasteiger partial charge in [-0.1, -0.05) is 36.4 Å². The van der Waals surface area contributed by atoms with E-state index in [0.29, 0.717) is 19.0 Å². The van der Waals surface area contributed by atoms with Gasteiger partial charge in [-0.2, -0.15) is 0 Å². The molecule has 1 N–H and O–H groups in total. The zero-order valence-electron chi connectivity index (χ0n) is 16.2. The van der Waals surface area contributed by atoms with Gasteiger partial charge in [-0.05, 0) is 23.8 Å². The zero-order chi connectivity index (χ0) is 19.5. The highest BCUT2D eigenvalue weighted by atomic mass is 16.5. The molecule has 0 unspecified atom stereocenters. The van der Waals surface area contributed by atoms with Crippen molar-refractivity contribution >= 4 is 10.8 Å². The van der Waals surface area contributed by atoms with Crippen LogP contribution in [0.5, 0.6) is 17.2 Å². The van der Waals surface area contributed by atoms with E-state index in [-0.39, 0.29) is 6.04 Å². The molecule has 0 spiro atoms. The van der Waals surface area contributed by atoms with E-state index in [0.717, 1.165) is 46.5 Å². The van der Waals surface area contributed by atoms with Gasteiger partial charge in [-0.15, -0.1) is 0 Å². The molecule has 0 saturated carbocycles. The van der Waals surface area contributed by atoms with Crippen LogP contribution < -0.4 is 9.47 Å². The van der Waals surface area contributed by atoms with Crippen LogP contribution in [0.4, 0.5) is 0 Å². The number of rotatable bonds is 5. The molecule has 5 heteroatoms. The highest BCUT2D eigenvalue weighted by molar-refractivity contribution is 5.94. The molecule has 1 fully saturated rings. The minimum absolute atomic E-state index is 0.0644. The number of hydrogen-bond acceptors (Lipinski definition) is 5. The first-order chi connectivity index (χ1) is 13.7. The highest BCUT2D eigenvalue weighted by Gasteiger charge is 2.27. The number of fused-ring (bicyclic) bond motifs is 1. The first kappa shape index (κ1) is 18.6. The highest BCUT2D eigenvalue weighted by Crippen LogP contribution is 2.41. The summed E-state index contributed by atoms with van der Waals surface area (Å²) in [6, 6.07) is 17.8. The Balaban J connectivity index is 1.84. The SMILES string of the molecule is COc1ccc([C@@H](c2ccc3c(OC)cccc3c2O)N2CCOCC2)cc1. The molecule has 0 radical (unpaired) electrons. The van der Waals surface area contributed by atoms with E-state index in [2.05, 4.69) is 17.0 Å². The quantitative estimate of drug-likeness (QED) is 0.727. The summed E-state index contributed by atoms with van der Waals surface area (Å²) >= 11 is 0. The third-order valence-electron chi connectivity index (χ3n) is 5.38. The van der Waals surface area contributed by atoms with Crippen LogP contribution in [0.25, 0.3) is 10.8 Å². The second-order valence-electron chi connectivity index (χ2n) is 6.88. The summed E-state index contributed by atoms with van der Waals surface area (Å²) in [5.41, 5.74) is 1.99. The Labute approximate surface area is 165 Å². The van der Waals surface area contributed by atoms with Crippen LogP contribution in [0, 0.1) is 0 Å². The average Bonchev–Trinajstić information content (AvgIpc) is 2.76. The number of hydrogen-bond donors (Lipinski definition) is 1. The van der Waals surface area contributed by atoms with Gasteiger partial charge >= 0.3 is 0 Å². The standard InChI is InChI=1S/C23H25NO4/c1-26-17-8-6-16(7-9-17)22(24-12-14-28-15-13-24)20-11-10-18-19(23(20)25)4-3-5-21(18)27-2/h3-11,22,25H,12-15H2,1-2H3/t22-/m0/s1. The summed E-state index contributed by atoms with van der Waals surface area (Å²) in [6.07, 6.45) is 0. The number of phenols is 1. The van der Waals surface area contributed by atoms with E-state index in [1.54, 1.807) is 14.2 Å². The topological polar surface area (TPSA) is 51.2 Å². The molecule has 3 aromatic rings. The van der Waals surface area contributed by atoms with E-state index in [1.165, 1.54) is 0 Å². The van der Waals surface area contributed by atoms with Gasteiger partial charge < -0.3 is 19.3 Å². The number of benzene rings is 3. The van der Waals surface area contributed by atoms with Crippen LogP contribution in [0.2, 0.25) is 0 Å². The summed E-state index contributed by atoms with van der Waals surface area (Å²) in [6.45, 7) is 3.00. The molecule has 1 saturated heterocycles. The lowest BCUT2D eigenvalue weighted by Gasteiger charge is -2.35. The van der Waals surface area contributed by atoms with Gasteiger partial charge in [0.15, 0.2) is 0 Å². The number of aromatic hydroxyl groups is 1. The fourth-order valence-corrected chi connectivity index (χ4v) is 3.94. The molecule has 0 amide bonds. The number of methoxy groups -OCH3 is 2. The van der Waals surface area contributed by atoms with Gasteiger partial charge in [0.05, 0.1) is 33.5 Å². The maximum atomic E-state index is 11.2. The van der Waals surface area contributed by atoms with Crippen LogP contribution in [0.15, 0.2) is 54.6 Å². The fourth-order valence-electron chi connectivity index (χ4n) is 3.94. The molecular formula is C23H25NO4. The van der Waals surface area contributed by atoms with Crippen LogP contribution in [-0.2, 0) is 4.74 Å². The number of ether oxygens (including phenoxy) is 3. The monoisotopic (exact) mass is 379 g/mol. The van der Waals surface area contributed by atoms with Crippen molar-refractivity contribution in [2.24, 2.45) is 0 Å². The average molecular weight is 379 g/mol. The van der Waals surface area contributed by atoms with Crippen molar-refractivity contribution < 1.29 is 19.3 Å². The van der Waals surface area contributed by atoms with E-state index in [9.17, 15) is 5.11 Å². The molecule has 0 aromatic heterocycles. The van der Waals surface area contributed by atoms with Crippen LogP contribution >= 0.6 is 0 Å². The van der Waals surface area contributed by atoms with Crippen molar-refractivity contribution in [3.63, 3.8) is 0 Å². The van der Waals surface area contributed by atoms with Gasteiger partial charge in [0, 0.05) is 29.4 Å². The number of nitrogens with zero attached hydrogens (tertiary/aromatic N) is 1. The third kappa shape index (κ3) is 3.39. The molecule has 0 aliphatic carbocycles. The second-order valence-corrected chi connectivity index (χ2v) is 6.88. The maximum Gasteiger partial charge on any atom is 0.128 e. The Hall–Kier alpha value is -2.76. The van der Waals surface area contributed by atoms with E-state index in [1.807, 2.05) is 42.5 Å². The summed E-state index contributed by atoms with van der Waals surface area (Å²) < 4.78 is 16.3. The van der Waals surface area contributed by atoms with Gasteiger partial charge in [-0.25, -0.2) is 0 Å². The predicted molar refractivity (Wildman–Crippen MR) is 109 cm³/mol. The number of phenolic OH excluding ortho intramolecular Hbond substituents is 1. The van der Waals surface area contributed by atoms with Gasteiger partial charge in [-0.3, -0.25) is 4.90 Å². The summed E-state index contributed by atoms with van der Waals surface area (Å²) in [5, 5.41) is 12.9. The van der Waals surface area contributed by atoms with Crippen molar-refractivity contribution in [2.75, 3.05) is 40.5 Å². The lowest BCUT2D eigenvalue weighted by atomic mass is 9.93. The Morgan fingerprint density at radius 3 is 2.32 bits per heavy atom. The van der Waals surface area contributed by atoms with Crippen molar-refractivity contribution in [1.29, 1.82) is 0 Å².